The molecule has 5 nitrogen and oxygen atoms in total. The van der Waals surface area contributed by atoms with E-state index in [0.29, 0.717) is 0 Å². The quantitative estimate of drug-likeness (QED) is 0.785. The van der Waals surface area contributed by atoms with Gasteiger partial charge in [0.1, 0.15) is 0 Å². The van der Waals surface area contributed by atoms with E-state index in [-0.39, 0.29) is 0 Å². The third-order valence-corrected chi connectivity index (χ3v) is 1.48. The van der Waals surface area contributed by atoms with Crippen molar-refractivity contribution in [1.29, 1.82) is 0 Å². The molecule has 1 unspecified atom stereocenters. The van der Waals surface area contributed by atoms with Gasteiger partial charge in [-0.3, -0.25) is 4.79 Å². The molecule has 0 rings (SSSR count). The fourth-order valence-corrected chi connectivity index (χ4v) is 0.892. The third kappa shape index (κ3) is 6.77. The number of hydrogen-bond donors (Lipinski definition) is 2. The maximum absolute atomic E-state index is 11.8. The molecule has 0 saturated heterocycles. The molecular weight excluding hydrogens is 243 g/mol. The van der Waals surface area contributed by atoms with E-state index < -0.39 is 36.3 Å². The zero-order valence-corrected chi connectivity index (χ0v) is 9.59. The number of aliphatic carboxylic acids is 1. The number of carbonyl (C=O) groups excluding carboxylic acids is 1. The van der Waals surface area contributed by atoms with Crippen LogP contribution in [0.3, 0.4) is 0 Å². The molecule has 0 radical (unpaired) electrons. The summed E-state index contributed by atoms with van der Waals surface area (Å²) in [5, 5.41) is 10.2. The molecular formula is C9H14F3NO4. The first kappa shape index (κ1) is 15.7. The van der Waals surface area contributed by atoms with Crippen LogP contribution in [-0.4, -0.2) is 41.4 Å². The molecule has 0 saturated carbocycles. The first-order valence-corrected chi connectivity index (χ1v) is 4.69. The number of carbonyl (C=O) groups is 2. The molecule has 0 aromatic heterocycles. The molecule has 0 aliphatic heterocycles. The van der Waals surface area contributed by atoms with Gasteiger partial charge in [-0.2, -0.15) is 13.2 Å². The standard InChI is InChI=1S/C9H14F3NO4/c1-8(2,3)17-5(6(14)15)4-13-7(16)9(10,11)12/h5H,4H2,1-3H3,(H,13,16)(H,14,15). The Morgan fingerprint density at radius 1 is 1.29 bits per heavy atom. The SMILES string of the molecule is CC(C)(C)OC(CNC(=O)C(F)(F)F)C(=O)O. The molecule has 0 fully saturated rings. The van der Waals surface area contributed by atoms with Crippen molar-refractivity contribution < 1.29 is 32.6 Å². The fraction of sp³-hybridized carbons (Fsp3) is 0.778. The van der Waals surface area contributed by atoms with Gasteiger partial charge in [0.05, 0.1) is 12.1 Å². The Balaban J connectivity index is 4.40. The predicted molar refractivity (Wildman–Crippen MR) is 51.3 cm³/mol. The molecule has 0 heterocycles. The van der Waals surface area contributed by atoms with Gasteiger partial charge in [-0.05, 0) is 20.8 Å². The summed E-state index contributed by atoms with van der Waals surface area (Å²) in [4.78, 5) is 21.2. The van der Waals surface area contributed by atoms with E-state index in [9.17, 15) is 22.8 Å². The highest BCUT2D eigenvalue weighted by molar-refractivity contribution is 5.82. The lowest BCUT2D eigenvalue weighted by atomic mass is 10.2. The minimum Gasteiger partial charge on any atom is -0.479 e. The van der Waals surface area contributed by atoms with Crippen molar-refractivity contribution in [3.63, 3.8) is 0 Å². The van der Waals surface area contributed by atoms with Gasteiger partial charge in [0.2, 0.25) is 0 Å². The van der Waals surface area contributed by atoms with Crippen molar-refractivity contribution in [2.75, 3.05) is 6.54 Å². The average Bonchev–Trinajstić information content (AvgIpc) is 2.07. The number of rotatable bonds is 4. The molecule has 1 amide bonds. The van der Waals surface area contributed by atoms with Crippen molar-refractivity contribution >= 4 is 11.9 Å². The van der Waals surface area contributed by atoms with E-state index in [1.807, 2.05) is 0 Å². The first-order chi connectivity index (χ1) is 7.43. The number of nitrogens with one attached hydrogen (secondary N) is 1. The zero-order chi connectivity index (χ0) is 13.9. The average molecular weight is 257 g/mol. The van der Waals surface area contributed by atoms with Crippen LogP contribution >= 0.6 is 0 Å². The van der Waals surface area contributed by atoms with Crippen LogP contribution in [0.25, 0.3) is 0 Å². The van der Waals surface area contributed by atoms with E-state index in [2.05, 4.69) is 0 Å². The Bertz CT molecular complexity index is 296. The van der Waals surface area contributed by atoms with Crippen molar-refractivity contribution in [2.24, 2.45) is 0 Å². The van der Waals surface area contributed by atoms with E-state index in [1.165, 1.54) is 5.32 Å². The van der Waals surface area contributed by atoms with Gasteiger partial charge in [0.25, 0.3) is 0 Å². The topological polar surface area (TPSA) is 75.6 Å². The number of carboxylic acids is 1. The zero-order valence-electron chi connectivity index (χ0n) is 9.59. The van der Waals surface area contributed by atoms with E-state index in [0.717, 1.165) is 0 Å². The van der Waals surface area contributed by atoms with Gasteiger partial charge in [-0.15, -0.1) is 0 Å². The first-order valence-electron chi connectivity index (χ1n) is 4.69. The maximum Gasteiger partial charge on any atom is 0.471 e. The minimum atomic E-state index is -5.04. The molecule has 0 aromatic carbocycles. The lowest BCUT2D eigenvalue weighted by Crippen LogP contribution is -2.46. The summed E-state index contributed by atoms with van der Waals surface area (Å²) >= 11 is 0. The minimum absolute atomic E-state index is 0.745. The Hall–Kier alpha value is -1.31. The Morgan fingerprint density at radius 3 is 2.06 bits per heavy atom. The van der Waals surface area contributed by atoms with E-state index in [1.54, 1.807) is 20.8 Å². The van der Waals surface area contributed by atoms with Crippen molar-refractivity contribution in [2.45, 2.75) is 38.7 Å². The Morgan fingerprint density at radius 2 is 1.76 bits per heavy atom. The summed E-state index contributed by atoms with van der Waals surface area (Å²) in [7, 11) is 0. The van der Waals surface area contributed by atoms with Gasteiger partial charge >= 0.3 is 18.1 Å². The van der Waals surface area contributed by atoms with Crippen LogP contribution in [0.4, 0.5) is 13.2 Å². The maximum atomic E-state index is 11.8. The number of carboxylic acid groups (broad SMARTS) is 1. The molecule has 0 aliphatic carbocycles. The highest BCUT2D eigenvalue weighted by Gasteiger charge is 2.39. The highest BCUT2D eigenvalue weighted by atomic mass is 19.4. The van der Waals surface area contributed by atoms with Gasteiger partial charge in [0.15, 0.2) is 6.10 Å². The van der Waals surface area contributed by atoms with Gasteiger partial charge in [-0.25, -0.2) is 4.79 Å². The van der Waals surface area contributed by atoms with Crippen LogP contribution in [-0.2, 0) is 14.3 Å². The number of alkyl halides is 3. The Labute approximate surface area is 95.9 Å². The molecule has 100 valence electrons. The molecule has 0 aromatic rings. The van der Waals surface area contributed by atoms with E-state index in [4.69, 9.17) is 9.84 Å². The predicted octanol–water partition coefficient (Wildman–Crippen LogP) is 0.933. The number of halogens is 3. The second-order valence-corrected chi connectivity index (χ2v) is 4.26. The summed E-state index contributed by atoms with van der Waals surface area (Å²) in [6.45, 7) is 3.91. The fourth-order valence-electron chi connectivity index (χ4n) is 0.892. The van der Waals surface area contributed by atoms with Crippen LogP contribution in [0.5, 0.6) is 0 Å². The normalized spacial score (nSPS) is 14.2. The van der Waals surface area contributed by atoms with Crippen LogP contribution in [0.1, 0.15) is 20.8 Å². The van der Waals surface area contributed by atoms with E-state index >= 15 is 0 Å². The lowest BCUT2D eigenvalue weighted by Gasteiger charge is -2.25. The van der Waals surface area contributed by atoms with Crippen molar-refractivity contribution in [3.8, 4) is 0 Å². The smallest absolute Gasteiger partial charge is 0.471 e. The number of ether oxygens (including phenoxy) is 1. The highest BCUT2D eigenvalue weighted by Crippen LogP contribution is 2.15. The molecule has 1 atom stereocenters. The van der Waals surface area contributed by atoms with Crippen LogP contribution in [0, 0.1) is 0 Å². The summed E-state index contributed by atoms with van der Waals surface area (Å²) in [6, 6.07) is 0. The number of amides is 1. The molecule has 2 N–H and O–H groups in total. The summed E-state index contributed by atoms with van der Waals surface area (Å²) in [5.41, 5.74) is -0.841. The van der Waals surface area contributed by atoms with Crippen molar-refractivity contribution in [1.82, 2.24) is 5.32 Å². The second kappa shape index (κ2) is 5.35. The molecule has 0 bridgehead atoms. The van der Waals surface area contributed by atoms with Crippen LogP contribution in [0.15, 0.2) is 0 Å². The largest absolute Gasteiger partial charge is 0.479 e. The van der Waals surface area contributed by atoms with Gasteiger partial charge < -0.3 is 15.2 Å². The Kier molecular flexibility index (Phi) is 4.94. The van der Waals surface area contributed by atoms with Crippen LogP contribution < -0.4 is 5.32 Å². The molecule has 17 heavy (non-hydrogen) atoms. The molecule has 8 heteroatoms. The monoisotopic (exact) mass is 257 g/mol. The lowest BCUT2D eigenvalue weighted by molar-refractivity contribution is -0.176. The molecule has 0 aliphatic rings. The van der Waals surface area contributed by atoms with Gasteiger partial charge in [0, 0.05) is 0 Å². The number of hydrogen-bond acceptors (Lipinski definition) is 3. The van der Waals surface area contributed by atoms with Gasteiger partial charge in [-0.1, -0.05) is 0 Å². The third-order valence-electron chi connectivity index (χ3n) is 1.48. The van der Waals surface area contributed by atoms with Crippen LogP contribution in [0.2, 0.25) is 0 Å². The molecule has 0 spiro atoms. The second-order valence-electron chi connectivity index (χ2n) is 4.26. The summed E-state index contributed by atoms with van der Waals surface area (Å²) in [5.74, 6) is -3.64. The summed E-state index contributed by atoms with van der Waals surface area (Å²) < 4.78 is 40.5. The summed E-state index contributed by atoms with van der Waals surface area (Å²) in [6.07, 6.45) is -6.56. The van der Waals surface area contributed by atoms with Crippen molar-refractivity contribution in [3.05, 3.63) is 0 Å².